The Kier molecular flexibility index (Phi) is 5.70. The van der Waals surface area contributed by atoms with Crippen LogP contribution in [0.1, 0.15) is 17.3 Å². The number of hydrogen-bond donors (Lipinski definition) is 1. The Labute approximate surface area is 177 Å². The van der Waals surface area contributed by atoms with Gasteiger partial charge in [0.25, 0.3) is 5.91 Å². The number of anilines is 1. The van der Waals surface area contributed by atoms with Crippen molar-refractivity contribution in [1.82, 2.24) is 14.8 Å². The molecule has 0 bridgehead atoms. The summed E-state index contributed by atoms with van der Waals surface area (Å²) >= 11 is 0. The van der Waals surface area contributed by atoms with Gasteiger partial charge >= 0.3 is 6.01 Å². The predicted octanol–water partition coefficient (Wildman–Crippen LogP) is 4.86. The van der Waals surface area contributed by atoms with E-state index in [1.165, 1.54) is 28.9 Å². The Morgan fingerprint density at radius 1 is 1.00 bits per heavy atom. The average Bonchev–Trinajstić information content (AvgIpc) is 3.18. The van der Waals surface area contributed by atoms with E-state index >= 15 is 0 Å². The molecule has 0 aliphatic carbocycles. The largest absolute Gasteiger partial charge is 0.463 e. The average molecular weight is 420 g/mol. The molecule has 4 rings (SSSR count). The van der Waals surface area contributed by atoms with Gasteiger partial charge in [-0.2, -0.15) is 4.98 Å². The fourth-order valence-electron chi connectivity index (χ4n) is 3.04. The number of amides is 1. The van der Waals surface area contributed by atoms with Crippen molar-refractivity contribution in [3.8, 4) is 23.1 Å². The minimum atomic E-state index is -0.615. The van der Waals surface area contributed by atoms with Crippen LogP contribution in [0.2, 0.25) is 0 Å². The number of aromatic nitrogens is 3. The van der Waals surface area contributed by atoms with Crippen LogP contribution < -0.4 is 10.1 Å². The number of hydrogen-bond acceptors (Lipinski definition) is 4. The quantitative estimate of drug-likeness (QED) is 0.484. The van der Waals surface area contributed by atoms with Crippen LogP contribution in [-0.2, 0) is 0 Å². The van der Waals surface area contributed by atoms with E-state index in [-0.39, 0.29) is 23.0 Å². The summed E-state index contributed by atoms with van der Waals surface area (Å²) < 4.78 is 35.2. The molecule has 156 valence electrons. The maximum atomic E-state index is 14.4. The maximum absolute atomic E-state index is 14.4. The standard InChI is InChI=1S/C23H18F2N4O2/c1-2-31-23-27-21(17-10-3-5-12-19(17)24)29(28-23)16-9-7-8-15(14-16)26-22(30)18-11-4-6-13-20(18)25/h3-14H,2H2,1H3,(H,26,30). The monoisotopic (exact) mass is 420 g/mol. The zero-order valence-corrected chi connectivity index (χ0v) is 16.5. The van der Waals surface area contributed by atoms with Gasteiger partial charge < -0.3 is 10.1 Å². The molecule has 0 unspecified atom stereocenters. The summed E-state index contributed by atoms with van der Waals surface area (Å²) in [5.41, 5.74) is 1.11. The van der Waals surface area contributed by atoms with Crippen molar-refractivity contribution in [2.24, 2.45) is 0 Å². The van der Waals surface area contributed by atoms with Crippen molar-refractivity contribution in [1.29, 1.82) is 0 Å². The highest BCUT2D eigenvalue weighted by atomic mass is 19.1. The molecule has 0 saturated heterocycles. The number of nitrogens with one attached hydrogen (secondary N) is 1. The van der Waals surface area contributed by atoms with Crippen molar-refractivity contribution in [3.63, 3.8) is 0 Å². The number of nitrogens with zero attached hydrogens (tertiary/aromatic N) is 3. The molecular weight excluding hydrogens is 402 g/mol. The third kappa shape index (κ3) is 4.28. The summed E-state index contributed by atoms with van der Waals surface area (Å²) in [5, 5.41) is 6.99. The molecule has 4 aromatic rings. The van der Waals surface area contributed by atoms with E-state index in [1.807, 2.05) is 0 Å². The topological polar surface area (TPSA) is 69.0 Å². The second-order valence-corrected chi connectivity index (χ2v) is 6.53. The van der Waals surface area contributed by atoms with Crippen LogP contribution >= 0.6 is 0 Å². The zero-order chi connectivity index (χ0) is 21.8. The van der Waals surface area contributed by atoms with Crippen LogP contribution in [0, 0.1) is 11.6 Å². The van der Waals surface area contributed by atoms with Crippen LogP contribution in [0.5, 0.6) is 6.01 Å². The van der Waals surface area contributed by atoms with Gasteiger partial charge in [0.2, 0.25) is 0 Å². The smallest absolute Gasteiger partial charge is 0.336 e. The van der Waals surface area contributed by atoms with Crippen molar-refractivity contribution in [2.75, 3.05) is 11.9 Å². The Morgan fingerprint density at radius 2 is 1.74 bits per heavy atom. The van der Waals surface area contributed by atoms with Crippen LogP contribution in [0.3, 0.4) is 0 Å². The fraction of sp³-hybridized carbons (Fsp3) is 0.0870. The number of rotatable bonds is 6. The van der Waals surface area contributed by atoms with E-state index in [4.69, 9.17) is 4.74 Å². The van der Waals surface area contributed by atoms with Crippen molar-refractivity contribution >= 4 is 11.6 Å². The van der Waals surface area contributed by atoms with Crippen molar-refractivity contribution in [2.45, 2.75) is 6.92 Å². The molecule has 0 spiro atoms. The number of benzene rings is 3. The number of ether oxygens (including phenoxy) is 1. The lowest BCUT2D eigenvalue weighted by Crippen LogP contribution is -2.14. The van der Waals surface area contributed by atoms with E-state index in [2.05, 4.69) is 15.4 Å². The van der Waals surface area contributed by atoms with Crippen LogP contribution in [0.15, 0.2) is 72.8 Å². The van der Waals surface area contributed by atoms with E-state index in [0.29, 0.717) is 18.0 Å². The summed E-state index contributed by atoms with van der Waals surface area (Å²) in [6, 6.07) is 18.7. The minimum absolute atomic E-state index is 0.0701. The molecule has 3 aromatic carbocycles. The molecule has 1 N–H and O–H groups in total. The molecule has 1 amide bonds. The predicted molar refractivity (Wildman–Crippen MR) is 112 cm³/mol. The third-order valence-corrected chi connectivity index (χ3v) is 4.44. The van der Waals surface area contributed by atoms with Gasteiger partial charge in [-0.1, -0.05) is 30.3 Å². The Bertz CT molecular complexity index is 1240. The third-order valence-electron chi connectivity index (χ3n) is 4.44. The molecule has 0 fully saturated rings. The lowest BCUT2D eigenvalue weighted by Gasteiger charge is -2.10. The van der Waals surface area contributed by atoms with E-state index in [1.54, 1.807) is 55.5 Å². The highest BCUT2D eigenvalue weighted by Gasteiger charge is 2.18. The molecule has 6 nitrogen and oxygen atoms in total. The van der Waals surface area contributed by atoms with Gasteiger partial charge in [-0.3, -0.25) is 4.79 Å². The normalized spacial score (nSPS) is 10.7. The summed E-state index contributed by atoms with van der Waals surface area (Å²) in [5.74, 6) is -1.41. The number of carbonyl (C=O) groups is 1. The molecule has 0 aliphatic rings. The SMILES string of the molecule is CCOc1nc(-c2ccccc2F)n(-c2cccc(NC(=O)c3ccccc3F)c2)n1. The molecule has 31 heavy (non-hydrogen) atoms. The van der Waals surface area contributed by atoms with Gasteiger partial charge in [-0.05, 0) is 49.4 Å². The highest BCUT2D eigenvalue weighted by Crippen LogP contribution is 2.27. The second-order valence-electron chi connectivity index (χ2n) is 6.53. The minimum Gasteiger partial charge on any atom is -0.463 e. The first-order valence-corrected chi connectivity index (χ1v) is 9.58. The Balaban J connectivity index is 1.71. The number of carbonyl (C=O) groups excluding carboxylic acids is 1. The van der Waals surface area contributed by atoms with Gasteiger partial charge in [-0.25, -0.2) is 13.5 Å². The summed E-state index contributed by atoms with van der Waals surface area (Å²) in [4.78, 5) is 16.8. The molecule has 0 atom stereocenters. The molecular formula is C23H18F2N4O2. The van der Waals surface area contributed by atoms with Crippen molar-refractivity contribution in [3.05, 3.63) is 90.0 Å². The van der Waals surface area contributed by atoms with Gasteiger partial charge in [-0.15, -0.1) is 5.10 Å². The molecule has 0 saturated carbocycles. The zero-order valence-electron chi connectivity index (χ0n) is 16.5. The first-order chi connectivity index (χ1) is 15.1. The van der Waals surface area contributed by atoms with Crippen LogP contribution in [0.4, 0.5) is 14.5 Å². The first-order valence-electron chi connectivity index (χ1n) is 9.58. The fourth-order valence-corrected chi connectivity index (χ4v) is 3.04. The molecule has 0 radical (unpaired) electrons. The van der Waals surface area contributed by atoms with Gasteiger partial charge in [0.15, 0.2) is 5.82 Å². The Hall–Kier alpha value is -4.07. The van der Waals surface area contributed by atoms with Crippen LogP contribution in [0.25, 0.3) is 17.1 Å². The molecule has 1 heterocycles. The number of halogens is 2. The highest BCUT2D eigenvalue weighted by molar-refractivity contribution is 6.04. The molecule has 8 heteroatoms. The second kappa shape index (κ2) is 8.74. The molecule has 0 aliphatic heterocycles. The van der Waals surface area contributed by atoms with Crippen LogP contribution in [-0.4, -0.2) is 27.3 Å². The van der Waals surface area contributed by atoms with E-state index in [9.17, 15) is 13.6 Å². The van der Waals surface area contributed by atoms with E-state index < -0.39 is 17.5 Å². The first kappa shape index (κ1) is 20.2. The van der Waals surface area contributed by atoms with Crippen molar-refractivity contribution < 1.29 is 18.3 Å². The lowest BCUT2D eigenvalue weighted by atomic mass is 10.2. The maximum Gasteiger partial charge on any atom is 0.336 e. The lowest BCUT2D eigenvalue weighted by molar-refractivity contribution is 0.102. The summed E-state index contributed by atoms with van der Waals surface area (Å²) in [7, 11) is 0. The van der Waals surface area contributed by atoms with Gasteiger partial charge in [0.1, 0.15) is 11.6 Å². The summed E-state index contributed by atoms with van der Waals surface area (Å²) in [6.07, 6.45) is 0. The van der Waals surface area contributed by atoms with E-state index in [0.717, 1.165) is 0 Å². The Morgan fingerprint density at radius 3 is 2.48 bits per heavy atom. The molecule has 1 aromatic heterocycles. The van der Waals surface area contributed by atoms with Gasteiger partial charge in [0.05, 0.1) is 23.4 Å². The summed E-state index contributed by atoms with van der Waals surface area (Å²) in [6.45, 7) is 2.14. The van der Waals surface area contributed by atoms with Gasteiger partial charge in [0, 0.05) is 5.69 Å².